The van der Waals surface area contributed by atoms with Gasteiger partial charge in [0, 0.05) is 36.3 Å². The zero-order valence-corrected chi connectivity index (χ0v) is 20.0. The van der Waals surface area contributed by atoms with Crippen LogP contribution in [0.3, 0.4) is 0 Å². The summed E-state index contributed by atoms with van der Waals surface area (Å²) in [4.78, 5) is 26.0. The number of benzene rings is 2. The van der Waals surface area contributed by atoms with Crippen molar-refractivity contribution < 1.29 is 14.3 Å². The molecular weight excluding hydrogens is 426 g/mol. The van der Waals surface area contributed by atoms with Crippen molar-refractivity contribution in [2.75, 3.05) is 18.0 Å². The number of carbonyl (C=O) groups excluding carboxylic acids is 2. The van der Waals surface area contributed by atoms with E-state index in [1.54, 1.807) is 0 Å². The molecule has 0 bridgehead atoms. The van der Waals surface area contributed by atoms with Gasteiger partial charge in [-0.25, -0.2) is 0 Å². The van der Waals surface area contributed by atoms with Crippen LogP contribution >= 0.6 is 0 Å². The van der Waals surface area contributed by atoms with Crippen LogP contribution < -0.4 is 15.0 Å². The van der Waals surface area contributed by atoms with Gasteiger partial charge in [0.05, 0.1) is 17.7 Å². The summed E-state index contributed by atoms with van der Waals surface area (Å²) in [5.74, 6) is 0.993. The first-order valence-corrected chi connectivity index (χ1v) is 12.3. The van der Waals surface area contributed by atoms with E-state index in [9.17, 15) is 14.9 Å². The molecule has 1 saturated carbocycles. The summed E-state index contributed by atoms with van der Waals surface area (Å²) in [6.07, 6.45) is 6.52. The van der Waals surface area contributed by atoms with Crippen LogP contribution in [0.4, 0.5) is 5.69 Å². The van der Waals surface area contributed by atoms with E-state index in [4.69, 9.17) is 4.74 Å². The van der Waals surface area contributed by atoms with Crippen LogP contribution in [0.25, 0.3) is 0 Å². The number of anilines is 1. The van der Waals surface area contributed by atoms with Crippen LogP contribution in [-0.2, 0) is 4.79 Å². The lowest BCUT2D eigenvalue weighted by atomic mass is 9.92. The molecule has 2 aromatic rings. The Bertz CT molecular complexity index is 1060. The molecule has 4 rings (SSSR count). The number of nitriles is 1. The molecule has 1 amide bonds. The first-order valence-electron chi connectivity index (χ1n) is 12.3. The number of rotatable bonds is 6. The second kappa shape index (κ2) is 10.7. The fraction of sp³-hybridized carbons (Fsp3) is 0.464. The molecule has 0 atom stereocenters. The molecule has 2 fully saturated rings. The number of amides is 1. The molecule has 6 nitrogen and oxygen atoms in total. The Morgan fingerprint density at radius 2 is 1.68 bits per heavy atom. The SMILES string of the molecule is Cc1c(C#N)ccc(OC2CCC(NC(=O)c3ccc(N4CCC(C=O)CC4)cc3)CC2)c1C. The Balaban J connectivity index is 1.26. The topological polar surface area (TPSA) is 82.4 Å². The van der Waals surface area contributed by atoms with Crippen LogP contribution in [0.1, 0.15) is 65.6 Å². The molecule has 2 aromatic carbocycles. The van der Waals surface area contributed by atoms with Crippen molar-refractivity contribution >= 4 is 17.9 Å². The van der Waals surface area contributed by atoms with Crippen molar-refractivity contribution in [1.82, 2.24) is 5.32 Å². The maximum absolute atomic E-state index is 12.8. The van der Waals surface area contributed by atoms with Crippen molar-refractivity contribution in [2.45, 2.75) is 64.5 Å². The van der Waals surface area contributed by atoms with Crippen LogP contribution in [0.15, 0.2) is 36.4 Å². The Morgan fingerprint density at radius 1 is 1.00 bits per heavy atom. The largest absolute Gasteiger partial charge is 0.490 e. The molecule has 1 aliphatic heterocycles. The van der Waals surface area contributed by atoms with Crippen LogP contribution in [0, 0.1) is 31.1 Å². The fourth-order valence-electron chi connectivity index (χ4n) is 4.94. The monoisotopic (exact) mass is 459 g/mol. The van der Waals surface area contributed by atoms with Gasteiger partial charge in [-0.1, -0.05) is 0 Å². The second-order valence-electron chi connectivity index (χ2n) is 9.55. The average Bonchev–Trinajstić information content (AvgIpc) is 2.88. The highest BCUT2D eigenvalue weighted by Crippen LogP contribution is 2.29. The van der Waals surface area contributed by atoms with E-state index >= 15 is 0 Å². The highest BCUT2D eigenvalue weighted by Gasteiger charge is 2.25. The number of aldehydes is 1. The highest BCUT2D eigenvalue weighted by molar-refractivity contribution is 5.94. The zero-order valence-electron chi connectivity index (χ0n) is 20.0. The third-order valence-electron chi connectivity index (χ3n) is 7.39. The van der Waals surface area contributed by atoms with E-state index in [-0.39, 0.29) is 24.0 Å². The molecule has 1 heterocycles. The predicted octanol–water partition coefficient (Wildman–Crippen LogP) is 4.71. The highest BCUT2D eigenvalue weighted by atomic mass is 16.5. The lowest BCUT2D eigenvalue weighted by Gasteiger charge is -2.31. The van der Waals surface area contributed by atoms with Crippen molar-refractivity contribution in [1.29, 1.82) is 5.26 Å². The smallest absolute Gasteiger partial charge is 0.251 e. The van der Waals surface area contributed by atoms with Crippen LogP contribution in [0.5, 0.6) is 5.75 Å². The van der Waals surface area contributed by atoms with Gasteiger partial charge in [0.2, 0.25) is 0 Å². The minimum Gasteiger partial charge on any atom is -0.490 e. The van der Waals surface area contributed by atoms with E-state index in [1.807, 2.05) is 50.2 Å². The summed E-state index contributed by atoms with van der Waals surface area (Å²) >= 11 is 0. The molecule has 0 aromatic heterocycles. The van der Waals surface area contributed by atoms with Crippen LogP contribution in [-0.4, -0.2) is 37.4 Å². The van der Waals surface area contributed by atoms with Gasteiger partial charge in [-0.3, -0.25) is 4.79 Å². The summed E-state index contributed by atoms with van der Waals surface area (Å²) in [6.45, 7) is 5.70. The maximum Gasteiger partial charge on any atom is 0.251 e. The van der Waals surface area contributed by atoms with E-state index < -0.39 is 0 Å². The zero-order chi connectivity index (χ0) is 24.1. The van der Waals surface area contributed by atoms with Gasteiger partial charge >= 0.3 is 0 Å². The Kier molecular flexibility index (Phi) is 7.52. The summed E-state index contributed by atoms with van der Waals surface area (Å²) in [6, 6.07) is 13.9. The number of hydrogen-bond donors (Lipinski definition) is 1. The van der Waals surface area contributed by atoms with Gasteiger partial charge in [0.1, 0.15) is 12.0 Å². The molecule has 6 heteroatoms. The third kappa shape index (κ3) is 5.41. The first-order chi connectivity index (χ1) is 16.5. The van der Waals surface area contributed by atoms with Gasteiger partial charge in [-0.05, 0) is 99.9 Å². The molecule has 1 N–H and O–H groups in total. The van der Waals surface area contributed by atoms with E-state index in [0.29, 0.717) is 11.1 Å². The van der Waals surface area contributed by atoms with Crippen molar-refractivity contribution in [3.63, 3.8) is 0 Å². The van der Waals surface area contributed by atoms with Gasteiger partial charge < -0.3 is 19.7 Å². The van der Waals surface area contributed by atoms with Crippen molar-refractivity contribution in [2.24, 2.45) is 5.92 Å². The lowest BCUT2D eigenvalue weighted by molar-refractivity contribution is -0.111. The third-order valence-corrected chi connectivity index (χ3v) is 7.39. The molecule has 0 unspecified atom stereocenters. The Labute approximate surface area is 201 Å². The fourth-order valence-corrected chi connectivity index (χ4v) is 4.94. The average molecular weight is 460 g/mol. The second-order valence-corrected chi connectivity index (χ2v) is 9.55. The summed E-state index contributed by atoms with van der Waals surface area (Å²) < 4.78 is 6.24. The molecular formula is C28H33N3O3. The van der Waals surface area contributed by atoms with Gasteiger partial charge in [0.25, 0.3) is 5.91 Å². The molecule has 1 aliphatic carbocycles. The molecule has 2 aliphatic rings. The molecule has 178 valence electrons. The van der Waals surface area contributed by atoms with Crippen LogP contribution in [0.2, 0.25) is 0 Å². The van der Waals surface area contributed by atoms with E-state index in [1.165, 1.54) is 0 Å². The maximum atomic E-state index is 12.8. The molecule has 1 saturated heterocycles. The summed E-state index contributed by atoms with van der Waals surface area (Å²) in [5, 5.41) is 12.4. The minimum absolute atomic E-state index is 0.0332. The predicted molar refractivity (Wildman–Crippen MR) is 132 cm³/mol. The van der Waals surface area contributed by atoms with Gasteiger partial charge in [-0.15, -0.1) is 0 Å². The normalized spacial score (nSPS) is 20.9. The first kappa shape index (κ1) is 23.8. The minimum atomic E-state index is -0.0332. The number of nitrogens with zero attached hydrogens (tertiary/aromatic N) is 2. The standard InChI is InChI=1S/C28H33N3O3/c1-19-20(2)27(12-5-23(19)17-29)34-26-10-6-24(7-11-26)30-28(33)22-3-8-25(9-4-22)31-15-13-21(18-32)14-16-31/h3-5,8-9,12,18,21,24,26H,6-7,10-11,13-16H2,1-2H3,(H,30,33). The summed E-state index contributed by atoms with van der Waals surface area (Å²) in [5.41, 5.74) is 4.45. The van der Waals surface area contributed by atoms with E-state index in [2.05, 4.69) is 16.3 Å². The number of nitrogens with one attached hydrogen (secondary N) is 1. The van der Waals surface area contributed by atoms with E-state index in [0.717, 1.165) is 80.5 Å². The molecule has 34 heavy (non-hydrogen) atoms. The number of piperidine rings is 1. The number of carbonyl (C=O) groups is 2. The number of ether oxygens (including phenoxy) is 1. The molecule has 0 spiro atoms. The quantitative estimate of drug-likeness (QED) is 0.633. The summed E-state index contributed by atoms with van der Waals surface area (Å²) in [7, 11) is 0. The number of hydrogen-bond acceptors (Lipinski definition) is 5. The Hall–Kier alpha value is -3.33. The van der Waals surface area contributed by atoms with Crippen molar-refractivity contribution in [3.05, 3.63) is 58.7 Å². The van der Waals surface area contributed by atoms with Gasteiger partial charge in [-0.2, -0.15) is 5.26 Å². The lowest BCUT2D eigenvalue weighted by Crippen LogP contribution is -2.39. The van der Waals surface area contributed by atoms with Gasteiger partial charge in [0.15, 0.2) is 0 Å². The van der Waals surface area contributed by atoms with Crippen molar-refractivity contribution in [3.8, 4) is 11.8 Å². The Morgan fingerprint density at radius 3 is 2.29 bits per heavy atom. The molecule has 0 radical (unpaired) electrons.